The largest absolute Gasteiger partial charge is 0.508 e. The third-order valence-corrected chi connectivity index (χ3v) is 14.3. The molecule has 1 aromatic carbocycles. The number of amides is 6. The number of hydrogen-bond donors (Lipinski definition) is 6. The van der Waals surface area contributed by atoms with Crippen molar-refractivity contribution in [1.82, 2.24) is 41.6 Å². The van der Waals surface area contributed by atoms with Gasteiger partial charge < -0.3 is 49.6 Å². The number of thiazole rings is 1. The van der Waals surface area contributed by atoms with Gasteiger partial charge in [0.15, 0.2) is 0 Å². The topological polar surface area (TPSA) is 248 Å². The molecule has 3 rings (SSSR count). The van der Waals surface area contributed by atoms with Crippen LogP contribution in [0.5, 0.6) is 5.75 Å². The van der Waals surface area contributed by atoms with Crippen LogP contribution in [0, 0.1) is 30.1 Å². The summed E-state index contributed by atoms with van der Waals surface area (Å²) in [6.07, 6.45) is 11.2. The molecule has 0 aliphatic carbocycles. The Kier molecular flexibility index (Phi) is 32.1. The van der Waals surface area contributed by atoms with Gasteiger partial charge in [0.05, 0.1) is 45.7 Å². The molecule has 0 bridgehead atoms. The second-order valence-electron chi connectivity index (χ2n) is 20.0. The SMILES string of the molecule is C#CCCCC(=O)NCCOCCOCCOCCOC(=O)NNC(=O)[C@@H](C)CC(Cc1ccc(O)cc1)NC(=O)c1csc([C@@H](C[C@H](C(C)C)N(CCC)C(=O)[C@@H](NC(=O)[C@H]2CCCCN2C)[C@@H](C)CC)OCCC)n1. The number of carbonyl (C=O) groups excluding carboxylic acids is 6. The van der Waals surface area contributed by atoms with Crippen molar-refractivity contribution in [1.29, 1.82) is 0 Å². The van der Waals surface area contributed by atoms with E-state index in [2.05, 4.69) is 51.5 Å². The molecule has 0 radical (unpaired) electrons. The molecule has 1 aliphatic heterocycles. The summed E-state index contributed by atoms with van der Waals surface area (Å²) in [5.41, 5.74) is 5.63. The minimum atomic E-state index is -0.882. The van der Waals surface area contributed by atoms with E-state index in [1.807, 2.05) is 39.6 Å². The monoisotopic (exact) mass is 1100 g/mol. The van der Waals surface area contributed by atoms with Gasteiger partial charge in [-0.3, -0.25) is 34.3 Å². The van der Waals surface area contributed by atoms with E-state index in [0.29, 0.717) is 96.1 Å². The molecule has 6 amide bonds. The number of piperidine rings is 1. The second kappa shape index (κ2) is 37.4. The number of phenols is 1. The van der Waals surface area contributed by atoms with Crippen LogP contribution in [-0.2, 0) is 49.3 Å². The van der Waals surface area contributed by atoms with Gasteiger partial charge in [-0.25, -0.2) is 15.2 Å². The fraction of sp³-hybridized carbons (Fsp3) is 0.696. The summed E-state index contributed by atoms with van der Waals surface area (Å²) in [6.45, 7) is 17.8. The fourth-order valence-corrected chi connectivity index (χ4v) is 9.69. The van der Waals surface area contributed by atoms with Crippen molar-refractivity contribution < 1.29 is 57.6 Å². The standard InChI is InChI=1S/C56H90N8O12S/c1-10-14-15-19-49(66)57-24-28-72-29-30-73-31-32-74-33-34-76-56(71)62-61-51(67)41(8)35-43(36-42-20-22-44(65)23-21-42)58-52(68)45-38-77-54(59-45)48(75-27-12-3)37-47(39(5)6)64(25-11-2)55(70)50(40(7)13-4)60-53(69)46-18-16-17-26-63(46)9/h1,20-23,38-41,43,46-48,50,65H,11-19,24-37H2,2-9H3,(H,57,66)(H,58,68)(H,60,69)(H,61,67)(H,62,71)/t40-,41-,43?,46+,47+,48+,50-/m0/s1. The van der Waals surface area contributed by atoms with E-state index in [0.717, 1.165) is 37.8 Å². The predicted octanol–water partition coefficient (Wildman–Crippen LogP) is 6.08. The van der Waals surface area contributed by atoms with Crippen LogP contribution < -0.4 is 26.8 Å². The van der Waals surface area contributed by atoms with E-state index in [4.69, 9.17) is 35.1 Å². The van der Waals surface area contributed by atoms with Crippen molar-refractivity contribution in [2.45, 2.75) is 156 Å². The molecule has 1 fully saturated rings. The lowest BCUT2D eigenvalue weighted by molar-refractivity contribution is -0.143. The number of aromatic hydroxyl groups is 1. The highest BCUT2D eigenvalue weighted by molar-refractivity contribution is 7.09. The number of hydrazine groups is 1. The minimum Gasteiger partial charge on any atom is -0.508 e. The van der Waals surface area contributed by atoms with Crippen LogP contribution >= 0.6 is 11.3 Å². The maximum atomic E-state index is 14.8. The average Bonchev–Trinajstić information content (AvgIpc) is 3.92. The van der Waals surface area contributed by atoms with E-state index in [1.165, 1.54) is 11.3 Å². The lowest BCUT2D eigenvalue weighted by Crippen LogP contribution is -2.58. The Hall–Kier alpha value is -5.37. The number of likely N-dealkylation sites (tertiary alicyclic amines) is 1. The third-order valence-electron chi connectivity index (χ3n) is 13.4. The molecular formula is C56H90N8O12S. The zero-order chi connectivity index (χ0) is 56.5. The summed E-state index contributed by atoms with van der Waals surface area (Å²) in [4.78, 5) is 88.7. The average molecular weight is 1100 g/mol. The molecule has 77 heavy (non-hydrogen) atoms. The molecular weight excluding hydrogens is 1010 g/mol. The number of ether oxygens (including phenoxy) is 5. The van der Waals surface area contributed by atoms with Crippen LogP contribution in [0.25, 0.3) is 0 Å². The number of carbonyl (C=O) groups is 6. The molecule has 1 aliphatic rings. The highest BCUT2D eigenvalue weighted by Crippen LogP contribution is 2.32. The first-order valence-electron chi connectivity index (χ1n) is 27.7. The number of unbranched alkanes of at least 4 members (excludes halogenated alkanes) is 1. The molecule has 2 heterocycles. The second-order valence-corrected chi connectivity index (χ2v) is 20.9. The first-order chi connectivity index (χ1) is 37.0. The number of phenolic OH excluding ortho intramolecular Hbond substituents is 1. The number of aromatic nitrogens is 1. The molecule has 21 heteroatoms. The summed E-state index contributed by atoms with van der Waals surface area (Å²) in [6, 6.07) is 4.77. The Morgan fingerprint density at radius 3 is 2.21 bits per heavy atom. The molecule has 7 atom stereocenters. The van der Waals surface area contributed by atoms with E-state index < -0.39 is 42.0 Å². The maximum absolute atomic E-state index is 14.8. The van der Waals surface area contributed by atoms with Gasteiger partial charge in [-0.05, 0) is 88.1 Å². The number of hydrogen-bond acceptors (Lipinski definition) is 15. The molecule has 1 aromatic heterocycles. The summed E-state index contributed by atoms with van der Waals surface area (Å²) in [7, 11) is 1.97. The molecule has 432 valence electrons. The first-order valence-corrected chi connectivity index (χ1v) is 28.5. The highest BCUT2D eigenvalue weighted by Gasteiger charge is 2.38. The molecule has 1 saturated heterocycles. The van der Waals surface area contributed by atoms with Crippen molar-refractivity contribution in [3.63, 3.8) is 0 Å². The Balaban J connectivity index is 1.59. The van der Waals surface area contributed by atoms with E-state index in [9.17, 15) is 33.9 Å². The number of benzene rings is 1. The van der Waals surface area contributed by atoms with Gasteiger partial charge in [0, 0.05) is 62.3 Å². The number of terminal acetylenes is 1. The molecule has 0 spiro atoms. The Bertz CT molecular complexity index is 2100. The lowest BCUT2D eigenvalue weighted by atomic mass is 9.92. The zero-order valence-electron chi connectivity index (χ0n) is 47.0. The molecule has 6 N–H and O–H groups in total. The highest BCUT2D eigenvalue weighted by atomic mass is 32.1. The lowest BCUT2D eigenvalue weighted by Gasteiger charge is -2.40. The zero-order valence-corrected chi connectivity index (χ0v) is 47.9. The van der Waals surface area contributed by atoms with Crippen molar-refractivity contribution in [2.75, 3.05) is 79.5 Å². The van der Waals surface area contributed by atoms with Crippen molar-refractivity contribution in [2.24, 2.45) is 17.8 Å². The summed E-state index contributed by atoms with van der Waals surface area (Å²) in [5, 5.41) is 21.2. The van der Waals surface area contributed by atoms with Crippen molar-refractivity contribution in [3.05, 3.63) is 45.9 Å². The fourth-order valence-electron chi connectivity index (χ4n) is 8.83. The molecule has 1 unspecified atom stereocenters. The van der Waals surface area contributed by atoms with Crippen LogP contribution in [0.4, 0.5) is 4.79 Å². The Labute approximate surface area is 461 Å². The Morgan fingerprint density at radius 2 is 1.57 bits per heavy atom. The smallest absolute Gasteiger partial charge is 0.426 e. The summed E-state index contributed by atoms with van der Waals surface area (Å²) in [5.74, 6) is 0.577. The first kappa shape index (κ1) is 65.9. The third kappa shape index (κ3) is 24.9. The Morgan fingerprint density at radius 1 is 0.883 bits per heavy atom. The van der Waals surface area contributed by atoms with Gasteiger partial charge in [-0.1, -0.05) is 73.4 Å². The number of nitrogens with zero attached hydrogens (tertiary/aromatic N) is 3. The van der Waals surface area contributed by atoms with Crippen molar-refractivity contribution in [3.8, 4) is 18.1 Å². The van der Waals surface area contributed by atoms with Crippen LogP contribution in [0.15, 0.2) is 29.6 Å². The van der Waals surface area contributed by atoms with Gasteiger partial charge in [-0.15, -0.1) is 23.7 Å². The molecule has 20 nitrogen and oxygen atoms in total. The van der Waals surface area contributed by atoms with Gasteiger partial charge in [0.25, 0.3) is 5.91 Å². The maximum Gasteiger partial charge on any atom is 0.426 e. The van der Waals surface area contributed by atoms with Gasteiger partial charge in [0.2, 0.25) is 23.6 Å². The van der Waals surface area contributed by atoms with Gasteiger partial charge >= 0.3 is 6.09 Å². The predicted molar refractivity (Wildman–Crippen MR) is 296 cm³/mol. The van der Waals surface area contributed by atoms with Crippen LogP contribution in [-0.4, -0.2) is 159 Å². The quantitative estimate of drug-likeness (QED) is 0.0255. The van der Waals surface area contributed by atoms with Gasteiger partial charge in [-0.2, -0.15) is 0 Å². The van der Waals surface area contributed by atoms with Crippen LogP contribution in [0.2, 0.25) is 0 Å². The van der Waals surface area contributed by atoms with Crippen LogP contribution in [0.1, 0.15) is 146 Å². The minimum absolute atomic E-state index is 0.0183. The molecule has 0 saturated carbocycles. The van der Waals surface area contributed by atoms with E-state index >= 15 is 0 Å². The summed E-state index contributed by atoms with van der Waals surface area (Å²) >= 11 is 1.30. The normalized spacial score (nSPS) is 16.0. The number of likely N-dealkylation sites (N-methyl/N-ethyl adjacent to an activating group) is 1. The number of nitrogens with one attached hydrogen (secondary N) is 5. The van der Waals surface area contributed by atoms with E-state index in [1.54, 1.807) is 36.6 Å². The number of rotatable bonds is 37. The summed E-state index contributed by atoms with van der Waals surface area (Å²) < 4.78 is 27.9. The van der Waals surface area contributed by atoms with E-state index in [-0.39, 0.29) is 79.3 Å². The molecule has 2 aromatic rings. The van der Waals surface area contributed by atoms with Crippen molar-refractivity contribution >= 4 is 47.0 Å². The van der Waals surface area contributed by atoms with Crippen LogP contribution in [0.3, 0.4) is 0 Å². The van der Waals surface area contributed by atoms with Gasteiger partial charge in [0.1, 0.15) is 35.2 Å².